The van der Waals surface area contributed by atoms with Crippen molar-refractivity contribution in [3.63, 3.8) is 0 Å². The zero-order valence-electron chi connectivity index (χ0n) is 15.3. The van der Waals surface area contributed by atoms with Gasteiger partial charge in [0.15, 0.2) is 5.82 Å². The normalized spacial score (nSPS) is 24.4. The molecule has 2 bridgehead atoms. The van der Waals surface area contributed by atoms with E-state index in [9.17, 15) is 13.2 Å². The number of nitrogens with one attached hydrogen (secondary N) is 1. The van der Waals surface area contributed by atoms with Crippen molar-refractivity contribution in [1.82, 2.24) is 15.0 Å². The number of hydrogen-bond acceptors (Lipinski definition) is 6. The van der Waals surface area contributed by atoms with Gasteiger partial charge < -0.3 is 9.42 Å². The number of carbonyl (C=O) groups is 1. The summed E-state index contributed by atoms with van der Waals surface area (Å²) < 4.78 is 30.6. The molecule has 2 aromatic rings. The molecule has 2 saturated heterocycles. The van der Waals surface area contributed by atoms with E-state index in [1.54, 1.807) is 25.1 Å². The van der Waals surface area contributed by atoms with Gasteiger partial charge in [0.2, 0.25) is 21.8 Å². The Kier molecular flexibility index (Phi) is 4.41. The van der Waals surface area contributed by atoms with E-state index >= 15 is 0 Å². The minimum atomic E-state index is -3.35. The monoisotopic (exact) mass is 390 g/mol. The van der Waals surface area contributed by atoms with Crippen LogP contribution in [0.5, 0.6) is 0 Å². The van der Waals surface area contributed by atoms with Crippen LogP contribution in [0.25, 0.3) is 0 Å². The lowest BCUT2D eigenvalue weighted by atomic mass is 9.89. The number of fused-ring (bicyclic) bond motifs is 2. The van der Waals surface area contributed by atoms with E-state index in [1.165, 1.54) is 0 Å². The molecule has 3 unspecified atom stereocenters. The number of rotatable bonds is 5. The highest BCUT2D eigenvalue weighted by atomic mass is 32.2. The summed E-state index contributed by atoms with van der Waals surface area (Å²) in [5.74, 6) is 1.39. The third-order valence-corrected chi connectivity index (χ3v) is 5.88. The molecule has 0 aliphatic carbocycles. The number of anilines is 1. The standard InChI is InChI=1S/C18H22N4O4S/c1-11-19-18(26-20-11)15-10-14-6-7-16(15)22(14)17(23)9-12-4-3-5-13(8-12)21-27(2,24)25/h3-5,8,14-16,21H,6-7,9-10H2,1-2H3. The van der Waals surface area contributed by atoms with Crippen molar-refractivity contribution in [3.05, 3.63) is 41.5 Å². The zero-order chi connectivity index (χ0) is 19.2. The van der Waals surface area contributed by atoms with Gasteiger partial charge in [0.1, 0.15) is 0 Å². The summed E-state index contributed by atoms with van der Waals surface area (Å²) in [6.07, 6.45) is 4.13. The molecule has 4 rings (SSSR count). The smallest absolute Gasteiger partial charge is 0.231 e. The van der Waals surface area contributed by atoms with Crippen LogP contribution in [0.3, 0.4) is 0 Å². The summed E-state index contributed by atoms with van der Waals surface area (Å²) in [7, 11) is -3.35. The summed E-state index contributed by atoms with van der Waals surface area (Å²) in [6, 6.07) is 7.26. The van der Waals surface area contributed by atoms with E-state index < -0.39 is 10.0 Å². The van der Waals surface area contributed by atoms with Crippen molar-refractivity contribution in [2.24, 2.45) is 0 Å². The van der Waals surface area contributed by atoms with Gasteiger partial charge in [-0.05, 0) is 43.9 Å². The molecule has 9 heteroatoms. The quantitative estimate of drug-likeness (QED) is 0.835. The Morgan fingerprint density at radius 1 is 1.37 bits per heavy atom. The van der Waals surface area contributed by atoms with Crippen LogP contribution in [0.15, 0.2) is 28.8 Å². The fourth-order valence-corrected chi connectivity index (χ4v) is 4.89. The van der Waals surface area contributed by atoms with Gasteiger partial charge in [-0.2, -0.15) is 4.98 Å². The zero-order valence-corrected chi connectivity index (χ0v) is 16.1. The van der Waals surface area contributed by atoms with Crippen molar-refractivity contribution in [3.8, 4) is 0 Å². The minimum Gasteiger partial charge on any atom is -0.339 e. The first kappa shape index (κ1) is 18.0. The van der Waals surface area contributed by atoms with Crippen LogP contribution in [-0.4, -0.2) is 47.7 Å². The molecule has 1 aromatic heterocycles. The van der Waals surface area contributed by atoms with Gasteiger partial charge in [-0.15, -0.1) is 0 Å². The molecular weight excluding hydrogens is 368 g/mol. The summed E-state index contributed by atoms with van der Waals surface area (Å²) in [6.45, 7) is 1.79. The van der Waals surface area contributed by atoms with Gasteiger partial charge >= 0.3 is 0 Å². The first-order chi connectivity index (χ1) is 12.8. The highest BCUT2D eigenvalue weighted by molar-refractivity contribution is 7.92. The van der Waals surface area contributed by atoms with Gasteiger partial charge in [-0.3, -0.25) is 9.52 Å². The molecule has 2 aliphatic rings. The number of nitrogens with zero attached hydrogens (tertiary/aromatic N) is 3. The van der Waals surface area contributed by atoms with Crippen LogP contribution in [0.1, 0.15) is 42.5 Å². The Morgan fingerprint density at radius 2 is 2.19 bits per heavy atom. The number of carbonyl (C=O) groups excluding carboxylic acids is 1. The first-order valence-electron chi connectivity index (χ1n) is 8.98. The Labute approximate surface area is 158 Å². The average molecular weight is 390 g/mol. The molecule has 1 N–H and O–H groups in total. The van der Waals surface area contributed by atoms with E-state index in [2.05, 4.69) is 14.9 Å². The lowest BCUT2D eigenvalue weighted by Gasteiger charge is -2.23. The van der Waals surface area contributed by atoms with Gasteiger partial charge in [-0.1, -0.05) is 17.3 Å². The van der Waals surface area contributed by atoms with Gasteiger partial charge in [0.25, 0.3) is 0 Å². The predicted octanol–water partition coefficient (Wildman–Crippen LogP) is 1.84. The summed E-state index contributed by atoms with van der Waals surface area (Å²) in [5, 5.41) is 3.88. The Morgan fingerprint density at radius 3 is 2.89 bits per heavy atom. The van der Waals surface area contributed by atoms with E-state index in [-0.39, 0.29) is 30.3 Å². The average Bonchev–Trinajstić information content (AvgIpc) is 3.27. The van der Waals surface area contributed by atoms with Gasteiger partial charge in [0.05, 0.1) is 18.6 Å². The number of aromatic nitrogens is 2. The fourth-order valence-electron chi connectivity index (χ4n) is 4.33. The van der Waals surface area contributed by atoms with Gasteiger partial charge in [-0.25, -0.2) is 8.42 Å². The highest BCUT2D eigenvalue weighted by Gasteiger charge is 2.50. The molecule has 27 heavy (non-hydrogen) atoms. The molecule has 144 valence electrons. The van der Waals surface area contributed by atoms with Crippen molar-refractivity contribution in [2.45, 2.75) is 50.6 Å². The fraction of sp³-hybridized carbons (Fsp3) is 0.500. The van der Waals surface area contributed by atoms with Crippen LogP contribution in [-0.2, 0) is 21.2 Å². The van der Waals surface area contributed by atoms with Crippen molar-refractivity contribution in [1.29, 1.82) is 0 Å². The summed E-state index contributed by atoms with van der Waals surface area (Å²) in [5.41, 5.74) is 1.25. The van der Waals surface area contributed by atoms with Crippen LogP contribution < -0.4 is 4.72 Å². The maximum absolute atomic E-state index is 13.0. The number of sulfonamides is 1. The third kappa shape index (κ3) is 3.69. The Balaban J connectivity index is 1.48. The molecule has 2 fully saturated rings. The van der Waals surface area contributed by atoms with Crippen molar-refractivity contribution < 1.29 is 17.7 Å². The predicted molar refractivity (Wildman–Crippen MR) is 98.7 cm³/mol. The first-order valence-corrected chi connectivity index (χ1v) is 10.9. The molecule has 1 aromatic carbocycles. The van der Waals surface area contributed by atoms with Crippen LogP contribution >= 0.6 is 0 Å². The largest absolute Gasteiger partial charge is 0.339 e. The lowest BCUT2D eigenvalue weighted by Crippen LogP contribution is -2.37. The Hall–Kier alpha value is -2.42. The highest BCUT2D eigenvalue weighted by Crippen LogP contribution is 2.46. The van der Waals surface area contributed by atoms with Crippen LogP contribution in [0.2, 0.25) is 0 Å². The number of amides is 1. The molecule has 8 nitrogen and oxygen atoms in total. The molecule has 0 spiro atoms. The van der Waals surface area contributed by atoms with Crippen LogP contribution in [0.4, 0.5) is 5.69 Å². The minimum absolute atomic E-state index is 0.0535. The maximum atomic E-state index is 13.0. The molecule has 0 saturated carbocycles. The van der Waals surface area contributed by atoms with Crippen LogP contribution in [0, 0.1) is 6.92 Å². The maximum Gasteiger partial charge on any atom is 0.231 e. The van der Waals surface area contributed by atoms with E-state index in [0.29, 0.717) is 17.4 Å². The van der Waals surface area contributed by atoms with E-state index in [4.69, 9.17) is 4.52 Å². The number of hydrogen-bond donors (Lipinski definition) is 1. The molecule has 3 atom stereocenters. The Bertz CT molecular complexity index is 971. The SMILES string of the molecule is Cc1noc(C2CC3CCC2N3C(=O)Cc2cccc(NS(C)(=O)=O)c2)n1. The number of benzene rings is 1. The molecule has 2 aliphatic heterocycles. The molecule has 1 amide bonds. The second-order valence-electron chi connectivity index (χ2n) is 7.37. The van der Waals surface area contributed by atoms with E-state index in [1.807, 2.05) is 11.0 Å². The molecular formula is C18H22N4O4S. The number of aryl methyl sites for hydroxylation is 1. The third-order valence-electron chi connectivity index (χ3n) is 5.27. The van der Waals surface area contributed by atoms with Gasteiger partial charge in [0, 0.05) is 17.8 Å². The second kappa shape index (κ2) is 6.63. The molecule has 3 heterocycles. The second-order valence-corrected chi connectivity index (χ2v) is 9.12. The lowest BCUT2D eigenvalue weighted by molar-refractivity contribution is -0.131. The molecule has 0 radical (unpaired) electrons. The topological polar surface area (TPSA) is 105 Å². The van der Waals surface area contributed by atoms with Crippen molar-refractivity contribution in [2.75, 3.05) is 11.0 Å². The summed E-state index contributed by atoms with van der Waals surface area (Å²) >= 11 is 0. The van der Waals surface area contributed by atoms with Crippen molar-refractivity contribution >= 4 is 21.6 Å². The van der Waals surface area contributed by atoms with E-state index in [0.717, 1.165) is 31.1 Å². The summed E-state index contributed by atoms with van der Waals surface area (Å²) in [4.78, 5) is 19.3.